The van der Waals surface area contributed by atoms with Gasteiger partial charge in [0.05, 0.1) is 16.0 Å². The average Bonchev–Trinajstić information content (AvgIpc) is 3.17. The van der Waals surface area contributed by atoms with Gasteiger partial charge in [-0.3, -0.25) is 9.69 Å². The van der Waals surface area contributed by atoms with E-state index in [1.54, 1.807) is 24.3 Å². The third kappa shape index (κ3) is 6.48. The van der Waals surface area contributed by atoms with E-state index in [0.717, 1.165) is 37.4 Å². The van der Waals surface area contributed by atoms with E-state index in [1.165, 1.54) is 25.3 Å². The van der Waals surface area contributed by atoms with Crippen molar-refractivity contribution in [2.45, 2.75) is 38.2 Å². The Morgan fingerprint density at radius 2 is 2.00 bits per heavy atom. The zero-order valence-corrected chi connectivity index (χ0v) is 19.7. The van der Waals surface area contributed by atoms with Crippen LogP contribution in [-0.4, -0.2) is 61.7 Å². The van der Waals surface area contributed by atoms with Crippen molar-refractivity contribution in [3.05, 3.63) is 58.5 Å². The number of carbonyl (C=O) groups excluding carboxylic acids is 1. The molecule has 170 valence electrons. The number of halogens is 2. The number of carbonyl (C=O) groups is 1. The predicted octanol–water partition coefficient (Wildman–Crippen LogP) is 4.96. The van der Waals surface area contributed by atoms with Gasteiger partial charge in [-0.1, -0.05) is 42.3 Å². The zero-order valence-electron chi connectivity index (χ0n) is 18.2. The van der Waals surface area contributed by atoms with Crippen LogP contribution in [0.15, 0.2) is 58.5 Å². The second kappa shape index (κ2) is 11.9. The van der Waals surface area contributed by atoms with Gasteiger partial charge < -0.3 is 14.4 Å². The lowest BCUT2D eigenvalue weighted by atomic mass is 9.91. The molecule has 31 heavy (non-hydrogen) atoms. The number of hydrogen-bond donors (Lipinski definition) is 0. The number of methoxy groups -OCH3 is 1. The van der Waals surface area contributed by atoms with Crippen LogP contribution >= 0.6 is 23.2 Å². The summed E-state index contributed by atoms with van der Waals surface area (Å²) >= 11 is 12.0. The van der Waals surface area contributed by atoms with E-state index in [-0.39, 0.29) is 17.9 Å². The van der Waals surface area contributed by atoms with Gasteiger partial charge in [0.1, 0.15) is 18.5 Å². The predicted molar refractivity (Wildman–Crippen MR) is 126 cm³/mol. The molecule has 0 aromatic heterocycles. The van der Waals surface area contributed by atoms with Crippen molar-refractivity contribution in [3.8, 4) is 0 Å². The van der Waals surface area contributed by atoms with Gasteiger partial charge in [-0.15, -0.1) is 0 Å². The van der Waals surface area contributed by atoms with Crippen LogP contribution in [0, 0.1) is 5.92 Å². The Hall–Kier alpha value is -1.53. The first-order chi connectivity index (χ1) is 15.0. The lowest BCUT2D eigenvalue weighted by molar-refractivity contribution is -0.127. The third-order valence-corrected chi connectivity index (χ3v) is 6.84. The van der Waals surface area contributed by atoms with E-state index in [4.69, 9.17) is 32.7 Å². The van der Waals surface area contributed by atoms with E-state index in [1.807, 2.05) is 6.08 Å². The average molecular weight is 467 g/mol. The molecule has 0 saturated carbocycles. The van der Waals surface area contributed by atoms with Crippen LogP contribution in [0.5, 0.6) is 0 Å². The highest BCUT2D eigenvalue weighted by atomic mass is 35.5. The minimum absolute atomic E-state index is 0.0569. The van der Waals surface area contributed by atoms with Crippen LogP contribution < -0.4 is 0 Å². The molecule has 0 radical (unpaired) electrons. The summed E-state index contributed by atoms with van der Waals surface area (Å²) in [6, 6.07) is 0. The van der Waals surface area contributed by atoms with Gasteiger partial charge in [0.25, 0.3) is 0 Å². The molecular weight excluding hydrogens is 435 g/mol. The van der Waals surface area contributed by atoms with Gasteiger partial charge in [-0.25, -0.2) is 0 Å². The summed E-state index contributed by atoms with van der Waals surface area (Å²) in [7, 11) is 1.70. The Balaban J connectivity index is 1.60. The minimum Gasteiger partial charge on any atom is -0.494 e. The Labute approximate surface area is 195 Å². The Kier molecular flexibility index (Phi) is 9.27. The van der Waals surface area contributed by atoms with Crippen molar-refractivity contribution in [2.75, 3.05) is 39.9 Å². The fourth-order valence-electron chi connectivity index (χ4n) is 4.23. The van der Waals surface area contributed by atoms with Crippen molar-refractivity contribution >= 4 is 29.1 Å². The number of amides is 1. The molecule has 2 aliphatic heterocycles. The molecule has 1 aliphatic carbocycles. The summed E-state index contributed by atoms with van der Waals surface area (Å²) in [5.41, 5.74) is 1.01. The Morgan fingerprint density at radius 3 is 2.71 bits per heavy atom. The summed E-state index contributed by atoms with van der Waals surface area (Å²) in [6.07, 6.45) is 14.1. The molecule has 0 spiro atoms. The number of likely N-dealkylation sites (tertiary alicyclic amines) is 2. The molecular formula is C24H32Cl2N2O3. The van der Waals surface area contributed by atoms with Crippen LogP contribution in [-0.2, 0) is 14.3 Å². The molecule has 2 atom stereocenters. The first-order valence-corrected chi connectivity index (χ1v) is 11.7. The minimum atomic E-state index is -0.180. The monoisotopic (exact) mass is 466 g/mol. The second-order valence-corrected chi connectivity index (χ2v) is 8.86. The van der Waals surface area contributed by atoms with Crippen molar-refractivity contribution in [2.24, 2.45) is 5.92 Å². The number of piperidine rings is 1. The summed E-state index contributed by atoms with van der Waals surface area (Å²) in [6.45, 7) is 8.10. The molecule has 3 rings (SSSR count). The zero-order chi connectivity index (χ0) is 22.2. The van der Waals surface area contributed by atoms with Crippen LogP contribution in [0.4, 0.5) is 0 Å². The van der Waals surface area contributed by atoms with Gasteiger partial charge in [-0.2, -0.15) is 0 Å². The maximum absolute atomic E-state index is 12.9. The molecule has 2 fully saturated rings. The van der Waals surface area contributed by atoms with Crippen molar-refractivity contribution < 1.29 is 14.3 Å². The molecule has 2 unspecified atom stereocenters. The molecule has 0 aromatic rings. The van der Waals surface area contributed by atoms with Gasteiger partial charge in [0, 0.05) is 26.4 Å². The van der Waals surface area contributed by atoms with E-state index in [2.05, 4.69) is 17.6 Å². The first kappa shape index (κ1) is 24.1. The smallest absolute Gasteiger partial charge is 0.234 e. The molecule has 5 nitrogen and oxygen atoms in total. The van der Waals surface area contributed by atoms with E-state index in [9.17, 15) is 4.79 Å². The van der Waals surface area contributed by atoms with Gasteiger partial charge in [-0.05, 0) is 62.6 Å². The number of ether oxygens (including phenoxy) is 2. The van der Waals surface area contributed by atoms with Crippen molar-refractivity contribution in [1.29, 1.82) is 0 Å². The fraction of sp³-hybridized carbons (Fsp3) is 0.542. The van der Waals surface area contributed by atoms with Crippen LogP contribution in [0.25, 0.3) is 0 Å². The summed E-state index contributed by atoms with van der Waals surface area (Å²) < 4.78 is 11.7. The van der Waals surface area contributed by atoms with Crippen LogP contribution in [0.3, 0.4) is 0 Å². The number of hydrogen-bond acceptors (Lipinski definition) is 4. The molecule has 1 amide bonds. The van der Waals surface area contributed by atoms with Crippen LogP contribution in [0.1, 0.15) is 32.1 Å². The molecule has 0 N–H and O–H groups in total. The van der Waals surface area contributed by atoms with Crippen molar-refractivity contribution in [1.82, 2.24) is 9.80 Å². The normalized spacial score (nSPS) is 26.0. The first-order valence-electron chi connectivity index (χ1n) is 11.0. The van der Waals surface area contributed by atoms with E-state index >= 15 is 0 Å². The molecule has 0 aromatic carbocycles. The highest BCUT2D eigenvalue weighted by molar-refractivity contribution is 6.41. The molecule has 3 aliphatic rings. The van der Waals surface area contributed by atoms with E-state index < -0.39 is 0 Å². The van der Waals surface area contributed by atoms with Crippen molar-refractivity contribution in [3.63, 3.8) is 0 Å². The topological polar surface area (TPSA) is 42.0 Å². The Bertz CT molecular complexity index is 782. The van der Waals surface area contributed by atoms with E-state index in [0.29, 0.717) is 29.6 Å². The quantitative estimate of drug-likeness (QED) is 0.450. The third-order valence-electron chi connectivity index (χ3n) is 6.05. The molecule has 2 heterocycles. The largest absolute Gasteiger partial charge is 0.494 e. The highest BCUT2D eigenvalue weighted by Crippen LogP contribution is 2.32. The molecule has 7 heteroatoms. The number of nitrogens with zero attached hydrogens (tertiary/aromatic N) is 2. The lowest BCUT2D eigenvalue weighted by Crippen LogP contribution is -2.33. The Morgan fingerprint density at radius 1 is 1.23 bits per heavy atom. The second-order valence-electron chi connectivity index (χ2n) is 8.05. The standard InChI is InChI=1S/C24H32Cl2N2O3/c1-3-20(25)21(26)10-14-28-13-9-19(24(28)29)18-7-8-22(30-2)23(17-18)31-16-15-27-11-5-4-6-12-27/h3,7,10,14,17,19,22H,1,4-6,8-9,11-13,15-16H2,2H3/b14-10+,21-20-. The fourth-order valence-corrected chi connectivity index (χ4v) is 4.43. The SMILES string of the molecule is C=C/C(Cl)=C(Cl)\C=C\N1CCC(C2=CCC(OC)C(OCCN3CCCCC3)=C2)C1=O. The highest BCUT2D eigenvalue weighted by Gasteiger charge is 2.34. The maximum Gasteiger partial charge on any atom is 0.234 e. The summed E-state index contributed by atoms with van der Waals surface area (Å²) in [5.74, 6) is 0.699. The molecule has 0 bridgehead atoms. The van der Waals surface area contributed by atoms with Gasteiger partial charge in [0.2, 0.25) is 5.91 Å². The number of allylic oxidation sites excluding steroid dienone is 5. The lowest BCUT2D eigenvalue weighted by Gasteiger charge is -2.28. The maximum atomic E-state index is 12.9. The summed E-state index contributed by atoms with van der Waals surface area (Å²) in [4.78, 5) is 17.1. The van der Waals surface area contributed by atoms with Crippen LogP contribution in [0.2, 0.25) is 0 Å². The van der Waals surface area contributed by atoms with Gasteiger partial charge in [0.15, 0.2) is 0 Å². The van der Waals surface area contributed by atoms with Gasteiger partial charge >= 0.3 is 0 Å². The molecule has 2 saturated heterocycles. The summed E-state index contributed by atoms with van der Waals surface area (Å²) in [5, 5.41) is 0.716. The number of rotatable bonds is 9.